The Hall–Kier alpha value is -2.84. The Morgan fingerprint density at radius 1 is 1.00 bits per heavy atom. The number of nitrogens with zero attached hydrogens (tertiary/aromatic N) is 6. The van der Waals surface area contributed by atoms with Crippen molar-refractivity contribution in [2.24, 2.45) is 7.05 Å². The zero-order valence-corrected chi connectivity index (χ0v) is 17.8. The highest BCUT2D eigenvalue weighted by atomic mass is 35.5. The quantitative estimate of drug-likeness (QED) is 0.447. The van der Waals surface area contributed by atoms with Crippen LogP contribution in [0.25, 0.3) is 17.1 Å². The van der Waals surface area contributed by atoms with Gasteiger partial charge in [0.25, 0.3) is 0 Å². The van der Waals surface area contributed by atoms with Gasteiger partial charge in [0.15, 0.2) is 5.82 Å². The van der Waals surface area contributed by atoms with Crippen LogP contribution in [-0.4, -0.2) is 29.5 Å². The molecule has 0 aliphatic rings. The maximum atomic E-state index is 14.2. The van der Waals surface area contributed by atoms with Gasteiger partial charge in [0.2, 0.25) is 0 Å². The molecule has 0 atom stereocenters. The molecule has 0 spiro atoms. The van der Waals surface area contributed by atoms with Crippen molar-refractivity contribution in [3.8, 4) is 17.1 Å². The van der Waals surface area contributed by atoms with E-state index in [0.29, 0.717) is 34.3 Å². The van der Waals surface area contributed by atoms with E-state index in [0.717, 1.165) is 11.8 Å². The number of hydrogen-bond acceptors (Lipinski definition) is 4. The average molecular weight is 449 g/mol. The third kappa shape index (κ3) is 3.57. The molecule has 4 aromatic rings. The number of benzene rings is 1. The summed E-state index contributed by atoms with van der Waals surface area (Å²) in [6.45, 7) is 3.67. The average Bonchev–Trinajstić information content (AvgIpc) is 3.13. The molecule has 3 heterocycles. The summed E-state index contributed by atoms with van der Waals surface area (Å²) in [5, 5.41) is 9.58. The Bertz CT molecular complexity index is 1260. The number of hydrogen-bond donors (Lipinski definition) is 0. The summed E-state index contributed by atoms with van der Waals surface area (Å²) in [7, 11) is 1.70. The molecule has 0 aliphatic heterocycles. The fraction of sp³-hybridized carbons (Fsp3) is 0.200. The summed E-state index contributed by atoms with van der Waals surface area (Å²) in [4.78, 5) is 8.58. The Morgan fingerprint density at radius 2 is 1.77 bits per heavy atom. The summed E-state index contributed by atoms with van der Waals surface area (Å²) in [6, 6.07) is 5.06. The van der Waals surface area contributed by atoms with Gasteiger partial charge in [-0.05, 0) is 26.0 Å². The third-order valence-corrected chi connectivity index (χ3v) is 5.71. The molecule has 154 valence electrons. The van der Waals surface area contributed by atoms with E-state index in [1.54, 1.807) is 22.5 Å². The van der Waals surface area contributed by atoms with Crippen molar-refractivity contribution in [3.63, 3.8) is 0 Å². The molecule has 30 heavy (non-hydrogen) atoms. The van der Waals surface area contributed by atoms with Gasteiger partial charge in [0, 0.05) is 31.2 Å². The molecule has 0 radical (unpaired) electrons. The minimum atomic E-state index is -0.729. The van der Waals surface area contributed by atoms with Crippen molar-refractivity contribution < 1.29 is 8.78 Å². The Kier molecular flexibility index (Phi) is 5.29. The van der Waals surface area contributed by atoms with Crippen molar-refractivity contribution in [1.29, 1.82) is 0 Å². The minimum absolute atomic E-state index is 0.129. The fourth-order valence-corrected chi connectivity index (χ4v) is 3.64. The lowest BCUT2D eigenvalue weighted by Gasteiger charge is -2.06. The van der Waals surface area contributed by atoms with E-state index in [-0.39, 0.29) is 16.3 Å². The molecular weight excluding hydrogens is 433 g/mol. The van der Waals surface area contributed by atoms with Crippen LogP contribution in [0.5, 0.6) is 0 Å². The maximum Gasteiger partial charge on any atom is 0.157 e. The van der Waals surface area contributed by atoms with Crippen molar-refractivity contribution in [1.82, 2.24) is 29.5 Å². The van der Waals surface area contributed by atoms with Gasteiger partial charge in [0.1, 0.15) is 23.7 Å². The maximum absolute atomic E-state index is 14.2. The molecule has 0 N–H and O–H groups in total. The van der Waals surface area contributed by atoms with Crippen molar-refractivity contribution in [2.75, 3.05) is 0 Å². The summed E-state index contributed by atoms with van der Waals surface area (Å²) in [6.07, 6.45) is 1.76. The molecule has 0 aliphatic carbocycles. The molecule has 4 rings (SSSR count). The SMILES string of the molecule is Cc1nn(-c2cc(Cc3c(Cl)c(-c4ccc(F)cc4F)nn3C)ncn2)c(C)c1Cl. The van der Waals surface area contributed by atoms with Gasteiger partial charge in [0.05, 0.1) is 32.8 Å². The van der Waals surface area contributed by atoms with Crippen LogP contribution in [0.4, 0.5) is 8.78 Å². The van der Waals surface area contributed by atoms with E-state index in [1.165, 1.54) is 18.5 Å². The first-order chi connectivity index (χ1) is 14.3. The highest BCUT2D eigenvalue weighted by Crippen LogP contribution is 2.33. The highest BCUT2D eigenvalue weighted by molar-refractivity contribution is 6.33. The Labute approximate surface area is 181 Å². The normalized spacial score (nSPS) is 11.3. The standard InChI is InChI=1S/C20H16Cl2F2N6/c1-10-18(21)11(2)30(27-10)17-8-13(25-9-26-17)7-16-19(22)20(28-29(16)3)14-5-4-12(23)6-15(14)24/h4-6,8-9H,7H2,1-3H3. The monoisotopic (exact) mass is 448 g/mol. The molecule has 0 saturated carbocycles. The molecule has 3 aromatic heterocycles. The van der Waals surface area contributed by atoms with Gasteiger partial charge >= 0.3 is 0 Å². The van der Waals surface area contributed by atoms with Gasteiger partial charge in [-0.2, -0.15) is 10.2 Å². The van der Waals surface area contributed by atoms with E-state index in [1.807, 2.05) is 13.8 Å². The van der Waals surface area contributed by atoms with E-state index >= 15 is 0 Å². The topological polar surface area (TPSA) is 61.4 Å². The first-order valence-corrected chi connectivity index (χ1v) is 9.71. The molecule has 0 fully saturated rings. The van der Waals surface area contributed by atoms with Crippen LogP contribution in [0.15, 0.2) is 30.6 Å². The third-order valence-electron chi connectivity index (χ3n) is 4.77. The first-order valence-electron chi connectivity index (χ1n) is 8.96. The smallest absolute Gasteiger partial charge is 0.157 e. The van der Waals surface area contributed by atoms with Gasteiger partial charge < -0.3 is 0 Å². The number of halogens is 4. The summed E-state index contributed by atoms with van der Waals surface area (Å²) in [5.74, 6) is -0.829. The largest absolute Gasteiger partial charge is 0.270 e. The van der Waals surface area contributed by atoms with Crippen LogP contribution in [0.1, 0.15) is 22.8 Å². The second-order valence-corrected chi connectivity index (χ2v) is 7.55. The zero-order valence-electron chi connectivity index (χ0n) is 16.3. The van der Waals surface area contributed by atoms with Crippen LogP contribution in [0.3, 0.4) is 0 Å². The zero-order chi connectivity index (χ0) is 21.6. The number of aromatic nitrogens is 6. The summed E-state index contributed by atoms with van der Waals surface area (Å²) in [5.41, 5.74) is 3.14. The molecule has 0 unspecified atom stereocenters. The van der Waals surface area contributed by atoms with Crippen molar-refractivity contribution in [2.45, 2.75) is 20.3 Å². The van der Waals surface area contributed by atoms with Crippen LogP contribution in [0, 0.1) is 25.5 Å². The van der Waals surface area contributed by atoms with E-state index in [2.05, 4.69) is 20.2 Å². The van der Waals surface area contributed by atoms with Gasteiger partial charge in [-0.1, -0.05) is 23.2 Å². The second-order valence-electron chi connectivity index (χ2n) is 6.80. The van der Waals surface area contributed by atoms with Crippen molar-refractivity contribution in [3.05, 3.63) is 75.0 Å². The van der Waals surface area contributed by atoms with E-state index < -0.39 is 11.6 Å². The highest BCUT2D eigenvalue weighted by Gasteiger charge is 2.20. The van der Waals surface area contributed by atoms with E-state index in [9.17, 15) is 8.78 Å². The number of aryl methyl sites for hydroxylation is 2. The first kappa shape index (κ1) is 20.4. The van der Waals surface area contributed by atoms with Gasteiger partial charge in [-0.3, -0.25) is 4.68 Å². The minimum Gasteiger partial charge on any atom is -0.270 e. The molecular formula is C20H16Cl2F2N6. The molecule has 0 saturated heterocycles. The second kappa shape index (κ2) is 7.77. The lowest BCUT2D eigenvalue weighted by atomic mass is 10.1. The fourth-order valence-electron chi connectivity index (χ4n) is 3.20. The number of rotatable bonds is 4. The van der Waals surface area contributed by atoms with E-state index in [4.69, 9.17) is 23.2 Å². The summed E-state index contributed by atoms with van der Waals surface area (Å²) < 4.78 is 30.7. The molecule has 0 amide bonds. The van der Waals surface area contributed by atoms with Crippen LogP contribution >= 0.6 is 23.2 Å². The van der Waals surface area contributed by atoms with Crippen molar-refractivity contribution >= 4 is 23.2 Å². The molecule has 6 nitrogen and oxygen atoms in total. The van der Waals surface area contributed by atoms with Gasteiger partial charge in [-0.25, -0.2) is 23.4 Å². The molecule has 0 bridgehead atoms. The van der Waals surface area contributed by atoms with Crippen LogP contribution < -0.4 is 0 Å². The Morgan fingerprint density at radius 3 is 2.43 bits per heavy atom. The predicted molar refractivity (Wildman–Crippen MR) is 110 cm³/mol. The predicted octanol–water partition coefficient (Wildman–Crippen LogP) is 4.86. The summed E-state index contributed by atoms with van der Waals surface area (Å²) >= 11 is 12.7. The lowest BCUT2D eigenvalue weighted by Crippen LogP contribution is -2.06. The lowest BCUT2D eigenvalue weighted by molar-refractivity contribution is 0.585. The molecule has 10 heteroatoms. The van der Waals surface area contributed by atoms with Crippen LogP contribution in [-0.2, 0) is 13.5 Å². The van der Waals surface area contributed by atoms with Crippen LogP contribution in [0.2, 0.25) is 10.0 Å². The Balaban J connectivity index is 1.70. The molecule has 1 aromatic carbocycles. The van der Waals surface area contributed by atoms with Gasteiger partial charge in [-0.15, -0.1) is 0 Å².